The van der Waals surface area contributed by atoms with Crippen molar-refractivity contribution in [2.45, 2.75) is 27.7 Å². The number of benzene rings is 12. The van der Waals surface area contributed by atoms with Gasteiger partial charge in [0.15, 0.2) is 0 Å². The van der Waals surface area contributed by atoms with Crippen molar-refractivity contribution >= 4 is 50.0 Å². The topological polar surface area (TPSA) is 8.17 Å². The molecule has 1 heterocycles. The van der Waals surface area contributed by atoms with Gasteiger partial charge in [-0.1, -0.05) is 252 Å². The standard InChI is InChI=1S/C74H48N2.2C2H6.C2H4/c1-3-15-49(16-4-1)51-27-29-52(30-28-51)54-31-38-57(39-32-54)75(60-44-45-64-63-21-9-12-25-68(63)74(70(64)48-60)73-66-23-10-7-19-61(66)62-20-8-11-24-67(62)73)58-40-35-55(36-41-58)56-37-46-72-69(47-56)65-22-13-14-26-71(65)76(72)59-42-33-53(34-43-59)50-17-5-2-6-18-50;3*1-2/h1-48H;2*1-2H3;1-2H2. The van der Waals surface area contributed by atoms with Gasteiger partial charge in [-0.3, -0.25) is 0 Å². The molecule has 0 spiro atoms. The van der Waals surface area contributed by atoms with Crippen molar-refractivity contribution in [2.75, 3.05) is 4.90 Å². The van der Waals surface area contributed by atoms with Crippen LogP contribution in [-0.4, -0.2) is 4.57 Å². The van der Waals surface area contributed by atoms with E-state index in [4.69, 9.17) is 0 Å². The molecule has 0 saturated carbocycles. The van der Waals surface area contributed by atoms with Crippen molar-refractivity contribution in [1.82, 2.24) is 4.57 Å². The Morgan fingerprint density at radius 2 is 0.573 bits per heavy atom. The smallest absolute Gasteiger partial charge is 0.0541 e. The molecule has 15 rings (SSSR count). The molecular formula is C80H64N2. The summed E-state index contributed by atoms with van der Waals surface area (Å²) in [5.41, 5.74) is 29.2. The average molecular weight is 1050 g/mol. The normalized spacial score (nSPS) is 11.5. The summed E-state index contributed by atoms with van der Waals surface area (Å²) in [4.78, 5) is 2.42. The highest BCUT2D eigenvalue weighted by molar-refractivity contribution is 6.19. The summed E-state index contributed by atoms with van der Waals surface area (Å²) in [6.45, 7) is 14.0. The minimum atomic E-state index is 1.08. The van der Waals surface area contributed by atoms with Crippen molar-refractivity contribution in [3.8, 4) is 72.4 Å². The molecule has 0 amide bonds. The minimum Gasteiger partial charge on any atom is -0.310 e. The maximum atomic E-state index is 3.00. The molecule has 13 aromatic rings. The fourth-order valence-electron chi connectivity index (χ4n) is 12.2. The monoisotopic (exact) mass is 1050 g/mol. The summed E-state index contributed by atoms with van der Waals surface area (Å²) in [5.74, 6) is 0. The van der Waals surface area contributed by atoms with E-state index >= 15 is 0 Å². The summed E-state index contributed by atoms with van der Waals surface area (Å²) >= 11 is 0. The number of hydrogen-bond acceptors (Lipinski definition) is 1. The zero-order valence-corrected chi connectivity index (χ0v) is 47.0. The third-order valence-electron chi connectivity index (χ3n) is 15.8. The summed E-state index contributed by atoms with van der Waals surface area (Å²) in [6, 6.07) is 107. The second-order valence-corrected chi connectivity index (χ2v) is 20.0. The lowest BCUT2D eigenvalue weighted by atomic mass is 9.91. The minimum absolute atomic E-state index is 1.08. The molecule has 0 aliphatic heterocycles. The van der Waals surface area contributed by atoms with Crippen LogP contribution in [-0.2, 0) is 0 Å². The Bertz CT molecular complexity index is 4360. The molecule has 0 N–H and O–H groups in total. The fraction of sp³-hybridized carbons (Fsp3) is 0.0500. The van der Waals surface area contributed by atoms with Crippen LogP contribution >= 0.6 is 0 Å². The molecule has 2 aliphatic carbocycles. The van der Waals surface area contributed by atoms with E-state index in [1.165, 1.54) is 122 Å². The lowest BCUT2D eigenvalue weighted by Gasteiger charge is -2.27. The number of aromatic nitrogens is 1. The molecule has 2 aliphatic rings. The van der Waals surface area contributed by atoms with Crippen LogP contribution < -0.4 is 4.90 Å². The second kappa shape index (κ2) is 23.2. The number of rotatable bonds is 8. The van der Waals surface area contributed by atoms with Crippen molar-refractivity contribution in [1.29, 1.82) is 0 Å². The van der Waals surface area contributed by atoms with E-state index < -0.39 is 0 Å². The van der Waals surface area contributed by atoms with Gasteiger partial charge in [-0.15, -0.1) is 13.2 Å². The van der Waals surface area contributed by atoms with Crippen LogP contribution in [0.4, 0.5) is 17.1 Å². The van der Waals surface area contributed by atoms with Gasteiger partial charge in [0.1, 0.15) is 0 Å². The van der Waals surface area contributed by atoms with Crippen molar-refractivity contribution in [2.24, 2.45) is 0 Å². The lowest BCUT2D eigenvalue weighted by Crippen LogP contribution is -2.10. The molecule has 2 nitrogen and oxygen atoms in total. The van der Waals surface area contributed by atoms with Crippen LogP contribution in [0.25, 0.3) is 105 Å². The van der Waals surface area contributed by atoms with Gasteiger partial charge in [0.05, 0.1) is 11.0 Å². The van der Waals surface area contributed by atoms with Crippen LogP contribution in [0.5, 0.6) is 0 Å². The maximum absolute atomic E-state index is 3.00. The summed E-state index contributed by atoms with van der Waals surface area (Å²) in [7, 11) is 0. The highest BCUT2D eigenvalue weighted by Crippen LogP contribution is 2.55. The number of hydrogen-bond donors (Lipinski definition) is 0. The second-order valence-electron chi connectivity index (χ2n) is 20.0. The van der Waals surface area contributed by atoms with E-state index in [0.717, 1.165) is 22.7 Å². The molecule has 82 heavy (non-hydrogen) atoms. The predicted octanol–water partition coefficient (Wildman–Crippen LogP) is 22.7. The highest BCUT2D eigenvalue weighted by Gasteiger charge is 2.33. The lowest BCUT2D eigenvalue weighted by molar-refractivity contribution is 1.18. The molecule has 0 atom stereocenters. The Balaban J connectivity index is 0.00000108. The predicted molar refractivity (Wildman–Crippen MR) is 353 cm³/mol. The Labute approximate surface area is 483 Å². The number of fused-ring (bicyclic) bond motifs is 9. The first-order valence-corrected chi connectivity index (χ1v) is 28.7. The largest absolute Gasteiger partial charge is 0.310 e. The van der Waals surface area contributed by atoms with E-state index in [1.54, 1.807) is 0 Å². The molecular weight excluding hydrogens is 989 g/mol. The maximum Gasteiger partial charge on any atom is 0.0541 e. The number of nitrogens with zero attached hydrogens (tertiary/aromatic N) is 2. The molecule has 2 heteroatoms. The molecule has 0 unspecified atom stereocenters. The van der Waals surface area contributed by atoms with E-state index in [2.05, 4.69) is 314 Å². The van der Waals surface area contributed by atoms with Crippen molar-refractivity contribution < 1.29 is 0 Å². The highest BCUT2D eigenvalue weighted by atomic mass is 15.1. The average Bonchev–Trinajstić information content (AvgIpc) is 3.56. The number of anilines is 3. The van der Waals surface area contributed by atoms with Crippen LogP contribution in [0.2, 0.25) is 0 Å². The van der Waals surface area contributed by atoms with Gasteiger partial charge in [0, 0.05) is 33.5 Å². The third-order valence-corrected chi connectivity index (χ3v) is 15.8. The Morgan fingerprint density at radius 3 is 1.06 bits per heavy atom. The molecule has 0 radical (unpaired) electrons. The van der Waals surface area contributed by atoms with E-state index in [-0.39, 0.29) is 0 Å². The Kier molecular flexibility index (Phi) is 14.8. The molecule has 0 fully saturated rings. The summed E-state index contributed by atoms with van der Waals surface area (Å²) in [6.07, 6.45) is 0. The SMILES string of the molecule is C=C.CC.CC.c1ccc(-c2ccc(-c3ccc(N(c4ccc(-c5ccc6c(c5)c5ccccc5n6-c5ccc(-c6ccccc6)cc5)cc4)c4ccc5c(c4)C(=C4c6ccccc6-c6ccccc64)c4ccccc4-5)cc3)cc2)cc1. The Hall–Kier alpha value is -10.3. The van der Waals surface area contributed by atoms with Gasteiger partial charge in [-0.25, -0.2) is 0 Å². The Morgan fingerprint density at radius 1 is 0.244 bits per heavy atom. The van der Waals surface area contributed by atoms with Gasteiger partial charge in [0.25, 0.3) is 0 Å². The molecule has 0 bridgehead atoms. The first-order valence-electron chi connectivity index (χ1n) is 28.7. The van der Waals surface area contributed by atoms with Gasteiger partial charge in [-0.2, -0.15) is 0 Å². The van der Waals surface area contributed by atoms with Crippen molar-refractivity contribution in [3.63, 3.8) is 0 Å². The van der Waals surface area contributed by atoms with Gasteiger partial charge in [-0.05, 0) is 167 Å². The molecule has 1 aromatic heterocycles. The molecule has 0 saturated heterocycles. The first-order chi connectivity index (χ1) is 40.7. The zero-order valence-electron chi connectivity index (χ0n) is 47.0. The van der Waals surface area contributed by atoms with Gasteiger partial charge >= 0.3 is 0 Å². The van der Waals surface area contributed by atoms with E-state index in [1.807, 2.05) is 27.7 Å². The van der Waals surface area contributed by atoms with Crippen LogP contribution in [0, 0.1) is 0 Å². The first kappa shape index (κ1) is 52.4. The molecule has 394 valence electrons. The summed E-state index contributed by atoms with van der Waals surface area (Å²) < 4.78 is 2.40. The number of para-hydroxylation sites is 1. The van der Waals surface area contributed by atoms with Crippen LogP contribution in [0.1, 0.15) is 49.9 Å². The van der Waals surface area contributed by atoms with Gasteiger partial charge in [0.2, 0.25) is 0 Å². The van der Waals surface area contributed by atoms with E-state index in [0.29, 0.717) is 0 Å². The summed E-state index contributed by atoms with van der Waals surface area (Å²) in [5, 5.41) is 2.47. The quantitative estimate of drug-likeness (QED) is 0.138. The van der Waals surface area contributed by atoms with E-state index in [9.17, 15) is 0 Å². The van der Waals surface area contributed by atoms with Gasteiger partial charge < -0.3 is 9.47 Å². The van der Waals surface area contributed by atoms with Crippen LogP contribution in [0.15, 0.2) is 304 Å². The molecule has 12 aromatic carbocycles. The fourth-order valence-corrected chi connectivity index (χ4v) is 12.2. The zero-order chi connectivity index (χ0) is 56.1. The van der Waals surface area contributed by atoms with Crippen molar-refractivity contribution in [3.05, 3.63) is 327 Å². The van der Waals surface area contributed by atoms with Crippen LogP contribution in [0.3, 0.4) is 0 Å². The third kappa shape index (κ3) is 9.34.